The van der Waals surface area contributed by atoms with Crippen molar-refractivity contribution in [2.75, 3.05) is 5.32 Å². The molecule has 1 aromatic heterocycles. The zero-order valence-electron chi connectivity index (χ0n) is 13.9. The lowest BCUT2D eigenvalue weighted by Gasteiger charge is -2.22. The van der Waals surface area contributed by atoms with Crippen LogP contribution in [0, 0.1) is 20.8 Å². The van der Waals surface area contributed by atoms with Gasteiger partial charge in [-0.25, -0.2) is 4.98 Å². The average molecular weight is 302 g/mol. The van der Waals surface area contributed by atoms with Crippen LogP contribution in [0.15, 0.2) is 66.9 Å². The Labute approximate surface area is 138 Å². The monoisotopic (exact) mass is 302 g/mol. The van der Waals surface area contributed by atoms with Crippen molar-refractivity contribution in [2.45, 2.75) is 26.8 Å². The first-order chi connectivity index (χ1) is 11.1. The summed E-state index contributed by atoms with van der Waals surface area (Å²) in [6.45, 7) is 6.37. The van der Waals surface area contributed by atoms with Gasteiger partial charge in [0, 0.05) is 6.20 Å². The first-order valence-corrected chi connectivity index (χ1v) is 7.95. The summed E-state index contributed by atoms with van der Waals surface area (Å²) in [5, 5.41) is 3.62. The Morgan fingerprint density at radius 2 is 1.48 bits per heavy atom. The highest BCUT2D eigenvalue weighted by Crippen LogP contribution is 2.28. The molecular weight excluding hydrogens is 280 g/mol. The molecule has 0 saturated carbocycles. The normalized spacial score (nSPS) is 12.0. The zero-order chi connectivity index (χ0) is 16.2. The molecule has 1 atom stereocenters. The number of anilines is 1. The Morgan fingerprint density at radius 1 is 0.783 bits per heavy atom. The van der Waals surface area contributed by atoms with Gasteiger partial charge in [0.15, 0.2) is 0 Å². The molecule has 0 aliphatic heterocycles. The predicted octanol–water partition coefficient (Wildman–Crippen LogP) is 5.21. The van der Waals surface area contributed by atoms with Crippen molar-refractivity contribution in [1.29, 1.82) is 0 Å². The standard InChI is InChI=1S/C21H22N2/c1-15-12-16(2)14-19(13-15)20(18-9-5-4-6-10-18)23-21-17(3)8-7-11-22-21/h4-14,20H,1-3H3,(H,22,23). The van der Waals surface area contributed by atoms with E-state index in [0.29, 0.717) is 0 Å². The summed E-state index contributed by atoms with van der Waals surface area (Å²) in [6.07, 6.45) is 1.83. The molecule has 2 heteroatoms. The lowest BCUT2D eigenvalue weighted by molar-refractivity contribution is 0.918. The summed E-state index contributed by atoms with van der Waals surface area (Å²) in [5.74, 6) is 0.931. The van der Waals surface area contributed by atoms with E-state index >= 15 is 0 Å². The molecule has 1 N–H and O–H groups in total. The van der Waals surface area contributed by atoms with E-state index in [1.807, 2.05) is 18.3 Å². The van der Waals surface area contributed by atoms with E-state index in [1.54, 1.807) is 0 Å². The van der Waals surface area contributed by atoms with E-state index in [2.05, 4.69) is 79.6 Å². The van der Waals surface area contributed by atoms with Crippen molar-refractivity contribution in [3.8, 4) is 0 Å². The number of aryl methyl sites for hydroxylation is 3. The van der Waals surface area contributed by atoms with Gasteiger partial charge in [-0.2, -0.15) is 0 Å². The van der Waals surface area contributed by atoms with Crippen molar-refractivity contribution in [1.82, 2.24) is 4.98 Å². The van der Waals surface area contributed by atoms with Crippen LogP contribution in [-0.4, -0.2) is 4.98 Å². The maximum absolute atomic E-state index is 4.50. The van der Waals surface area contributed by atoms with Crippen LogP contribution < -0.4 is 5.32 Å². The fraction of sp³-hybridized carbons (Fsp3) is 0.190. The summed E-state index contributed by atoms with van der Waals surface area (Å²) in [6, 6.07) is 21.4. The summed E-state index contributed by atoms with van der Waals surface area (Å²) >= 11 is 0. The van der Waals surface area contributed by atoms with E-state index in [9.17, 15) is 0 Å². The number of nitrogens with zero attached hydrogens (tertiary/aromatic N) is 1. The molecule has 0 saturated heterocycles. The second-order valence-electron chi connectivity index (χ2n) is 6.08. The lowest BCUT2D eigenvalue weighted by Crippen LogP contribution is -2.14. The SMILES string of the molecule is Cc1cc(C)cc(C(Nc2ncccc2C)c2ccccc2)c1. The molecular formula is C21H22N2. The van der Waals surface area contributed by atoms with Crippen LogP contribution in [0.2, 0.25) is 0 Å². The second kappa shape index (κ2) is 6.66. The smallest absolute Gasteiger partial charge is 0.129 e. The van der Waals surface area contributed by atoms with E-state index in [-0.39, 0.29) is 6.04 Å². The predicted molar refractivity (Wildman–Crippen MR) is 96.8 cm³/mol. The Balaban J connectivity index is 2.06. The van der Waals surface area contributed by atoms with Crippen LogP contribution in [-0.2, 0) is 0 Å². The zero-order valence-corrected chi connectivity index (χ0v) is 13.9. The summed E-state index contributed by atoms with van der Waals surface area (Å²) in [7, 11) is 0. The van der Waals surface area contributed by atoms with Crippen molar-refractivity contribution >= 4 is 5.82 Å². The minimum atomic E-state index is 0.0865. The molecule has 0 radical (unpaired) electrons. The van der Waals surface area contributed by atoms with E-state index in [0.717, 1.165) is 11.4 Å². The number of benzene rings is 2. The Hall–Kier alpha value is -2.61. The highest BCUT2D eigenvalue weighted by Gasteiger charge is 2.16. The van der Waals surface area contributed by atoms with Gasteiger partial charge in [-0.05, 0) is 43.5 Å². The lowest BCUT2D eigenvalue weighted by atomic mass is 9.95. The third kappa shape index (κ3) is 3.59. The van der Waals surface area contributed by atoms with Crippen molar-refractivity contribution in [3.05, 3.63) is 94.7 Å². The van der Waals surface area contributed by atoms with Crippen LogP contribution in [0.3, 0.4) is 0 Å². The van der Waals surface area contributed by atoms with Gasteiger partial charge in [0.1, 0.15) is 5.82 Å². The van der Waals surface area contributed by atoms with Crippen molar-refractivity contribution in [3.63, 3.8) is 0 Å². The average Bonchev–Trinajstić information content (AvgIpc) is 2.54. The molecule has 23 heavy (non-hydrogen) atoms. The fourth-order valence-electron chi connectivity index (χ4n) is 2.95. The van der Waals surface area contributed by atoms with Gasteiger partial charge in [-0.1, -0.05) is 65.7 Å². The molecule has 0 spiro atoms. The number of pyridine rings is 1. The van der Waals surface area contributed by atoms with Crippen LogP contribution in [0.1, 0.15) is 33.9 Å². The topological polar surface area (TPSA) is 24.9 Å². The molecule has 0 amide bonds. The van der Waals surface area contributed by atoms with Crippen LogP contribution in [0.4, 0.5) is 5.82 Å². The maximum atomic E-state index is 4.50. The van der Waals surface area contributed by atoms with Crippen LogP contribution in [0.25, 0.3) is 0 Å². The van der Waals surface area contributed by atoms with Gasteiger partial charge in [0.05, 0.1) is 6.04 Å². The number of hydrogen-bond acceptors (Lipinski definition) is 2. The van der Waals surface area contributed by atoms with Gasteiger partial charge >= 0.3 is 0 Å². The van der Waals surface area contributed by atoms with E-state index < -0.39 is 0 Å². The van der Waals surface area contributed by atoms with E-state index in [4.69, 9.17) is 0 Å². The quantitative estimate of drug-likeness (QED) is 0.715. The molecule has 3 aromatic rings. The Bertz CT molecular complexity index is 774. The van der Waals surface area contributed by atoms with Crippen molar-refractivity contribution in [2.24, 2.45) is 0 Å². The van der Waals surface area contributed by atoms with Gasteiger partial charge in [0.2, 0.25) is 0 Å². The largest absolute Gasteiger partial charge is 0.359 e. The first-order valence-electron chi connectivity index (χ1n) is 7.95. The van der Waals surface area contributed by atoms with Gasteiger partial charge in [-0.3, -0.25) is 0 Å². The summed E-state index contributed by atoms with van der Waals surface area (Å²) < 4.78 is 0. The summed E-state index contributed by atoms with van der Waals surface area (Å²) in [4.78, 5) is 4.50. The molecule has 116 valence electrons. The number of rotatable bonds is 4. The summed E-state index contributed by atoms with van der Waals surface area (Å²) in [5.41, 5.74) is 6.21. The fourth-order valence-corrected chi connectivity index (χ4v) is 2.95. The molecule has 0 bridgehead atoms. The molecule has 0 aliphatic carbocycles. The molecule has 1 heterocycles. The van der Waals surface area contributed by atoms with Crippen LogP contribution in [0.5, 0.6) is 0 Å². The van der Waals surface area contributed by atoms with Gasteiger partial charge < -0.3 is 5.32 Å². The highest BCUT2D eigenvalue weighted by molar-refractivity contribution is 5.49. The van der Waals surface area contributed by atoms with Crippen molar-refractivity contribution < 1.29 is 0 Å². The minimum Gasteiger partial charge on any atom is -0.359 e. The molecule has 0 aliphatic rings. The van der Waals surface area contributed by atoms with Crippen LogP contribution >= 0.6 is 0 Å². The molecule has 2 aromatic carbocycles. The van der Waals surface area contributed by atoms with Gasteiger partial charge in [-0.15, -0.1) is 0 Å². The first kappa shape index (κ1) is 15.3. The Morgan fingerprint density at radius 3 is 2.13 bits per heavy atom. The highest BCUT2D eigenvalue weighted by atomic mass is 15.0. The Kier molecular flexibility index (Phi) is 4.42. The number of hydrogen-bond donors (Lipinski definition) is 1. The maximum Gasteiger partial charge on any atom is 0.129 e. The third-order valence-electron chi connectivity index (χ3n) is 4.00. The molecule has 2 nitrogen and oxygen atoms in total. The second-order valence-corrected chi connectivity index (χ2v) is 6.08. The van der Waals surface area contributed by atoms with E-state index in [1.165, 1.54) is 22.3 Å². The molecule has 3 rings (SSSR count). The van der Waals surface area contributed by atoms with Gasteiger partial charge in [0.25, 0.3) is 0 Å². The number of nitrogens with one attached hydrogen (secondary N) is 1. The minimum absolute atomic E-state index is 0.0865. The number of aromatic nitrogens is 1. The molecule has 0 fully saturated rings. The third-order valence-corrected chi connectivity index (χ3v) is 4.00. The molecule has 1 unspecified atom stereocenters.